The third-order valence-corrected chi connectivity index (χ3v) is 4.32. The van der Waals surface area contributed by atoms with Gasteiger partial charge in [-0.2, -0.15) is 0 Å². The maximum absolute atomic E-state index is 11.2. The van der Waals surface area contributed by atoms with Crippen LogP contribution in [0.4, 0.5) is 0 Å². The van der Waals surface area contributed by atoms with E-state index in [-0.39, 0.29) is 13.2 Å². The van der Waals surface area contributed by atoms with Crippen LogP contribution in [0, 0.1) is 0 Å². The molecular formula is C18H24O7. The smallest absolute Gasteiger partial charge is 0.302 e. The molecule has 2 heterocycles. The lowest BCUT2D eigenvalue weighted by Gasteiger charge is -2.34. The van der Waals surface area contributed by atoms with Crippen molar-refractivity contribution in [2.24, 2.45) is 0 Å². The second-order valence-corrected chi connectivity index (χ2v) is 6.81. The summed E-state index contributed by atoms with van der Waals surface area (Å²) >= 11 is 0. The van der Waals surface area contributed by atoms with Crippen molar-refractivity contribution >= 4 is 5.97 Å². The zero-order valence-electron chi connectivity index (χ0n) is 14.6. The third kappa shape index (κ3) is 3.86. The summed E-state index contributed by atoms with van der Waals surface area (Å²) in [5.74, 6) is -1.27. The second-order valence-electron chi connectivity index (χ2n) is 6.81. The highest BCUT2D eigenvalue weighted by Gasteiger charge is 2.63. The summed E-state index contributed by atoms with van der Waals surface area (Å²) in [6, 6.07) is 9.64. The maximum atomic E-state index is 11.2. The van der Waals surface area contributed by atoms with E-state index in [4.69, 9.17) is 23.7 Å². The van der Waals surface area contributed by atoms with E-state index >= 15 is 0 Å². The molecule has 2 aliphatic rings. The minimum Gasteiger partial charge on any atom is -0.463 e. The van der Waals surface area contributed by atoms with Gasteiger partial charge < -0.3 is 28.8 Å². The molecule has 0 bridgehead atoms. The SMILES string of the molecule is CC(=O)OC[C@@]1(CO)O[C@@H]2OC(C)(C)O[C@@H]2[C@H]1OCc1ccccc1. The number of ether oxygens (including phenoxy) is 5. The molecule has 0 radical (unpaired) electrons. The molecule has 4 atom stereocenters. The molecule has 2 fully saturated rings. The number of hydrogen-bond acceptors (Lipinski definition) is 7. The van der Waals surface area contributed by atoms with Crippen molar-refractivity contribution in [1.82, 2.24) is 0 Å². The Bertz CT molecular complexity index is 603. The van der Waals surface area contributed by atoms with Crippen LogP contribution in [0.1, 0.15) is 26.3 Å². The highest BCUT2D eigenvalue weighted by molar-refractivity contribution is 5.66. The van der Waals surface area contributed by atoms with Crippen molar-refractivity contribution in [3.63, 3.8) is 0 Å². The molecule has 0 spiro atoms. The molecule has 25 heavy (non-hydrogen) atoms. The molecule has 0 aliphatic carbocycles. The first-order valence-electron chi connectivity index (χ1n) is 8.28. The second kappa shape index (κ2) is 7.01. The Balaban J connectivity index is 1.79. The van der Waals surface area contributed by atoms with Gasteiger partial charge in [-0.3, -0.25) is 4.79 Å². The lowest BCUT2D eigenvalue weighted by molar-refractivity contribution is -0.260. The van der Waals surface area contributed by atoms with Crippen LogP contribution >= 0.6 is 0 Å². The average molecular weight is 352 g/mol. The molecule has 7 heteroatoms. The fourth-order valence-electron chi connectivity index (χ4n) is 3.17. The standard InChI is InChI=1S/C18H24O7/c1-12(20)22-11-18(10-19)15(21-9-13-7-5-4-6-8-13)14-16(25-18)24-17(2,3)23-14/h4-8,14-16,19H,9-11H2,1-3H3/t14-,15-,16+,18-/m1/s1. The molecule has 0 unspecified atom stereocenters. The first-order chi connectivity index (χ1) is 11.9. The van der Waals surface area contributed by atoms with Gasteiger partial charge in [-0.15, -0.1) is 0 Å². The summed E-state index contributed by atoms with van der Waals surface area (Å²) in [6.07, 6.45) is -1.87. The number of esters is 1. The number of benzene rings is 1. The van der Waals surface area contributed by atoms with Gasteiger partial charge in [-0.1, -0.05) is 30.3 Å². The Morgan fingerprint density at radius 1 is 1.20 bits per heavy atom. The quantitative estimate of drug-likeness (QED) is 0.774. The lowest BCUT2D eigenvalue weighted by Crippen LogP contribution is -2.52. The fraction of sp³-hybridized carbons (Fsp3) is 0.611. The zero-order chi connectivity index (χ0) is 18.1. The van der Waals surface area contributed by atoms with E-state index in [9.17, 15) is 9.90 Å². The number of hydrogen-bond donors (Lipinski definition) is 1. The van der Waals surface area contributed by atoms with Gasteiger partial charge in [0.1, 0.15) is 18.8 Å². The van der Waals surface area contributed by atoms with E-state index in [1.54, 1.807) is 13.8 Å². The molecule has 0 saturated carbocycles. The maximum Gasteiger partial charge on any atom is 0.302 e. The van der Waals surface area contributed by atoms with Crippen molar-refractivity contribution in [3.8, 4) is 0 Å². The Morgan fingerprint density at radius 2 is 1.92 bits per heavy atom. The van der Waals surface area contributed by atoms with Gasteiger partial charge in [0.15, 0.2) is 17.7 Å². The summed E-state index contributed by atoms with van der Waals surface area (Å²) in [7, 11) is 0. The molecule has 1 aromatic rings. The van der Waals surface area contributed by atoms with Crippen LogP contribution in [0.3, 0.4) is 0 Å². The Hall–Kier alpha value is -1.51. The zero-order valence-corrected chi connectivity index (χ0v) is 14.6. The first kappa shape index (κ1) is 18.3. The van der Waals surface area contributed by atoms with E-state index < -0.39 is 35.9 Å². The number of carbonyl (C=O) groups is 1. The van der Waals surface area contributed by atoms with E-state index in [2.05, 4.69) is 0 Å². The third-order valence-electron chi connectivity index (χ3n) is 4.32. The Morgan fingerprint density at radius 3 is 2.56 bits per heavy atom. The number of rotatable bonds is 6. The summed E-state index contributed by atoms with van der Waals surface area (Å²) in [6.45, 7) is 4.66. The van der Waals surface area contributed by atoms with Crippen LogP contribution in [0.15, 0.2) is 30.3 Å². The number of carbonyl (C=O) groups excluding carboxylic acids is 1. The molecule has 2 saturated heterocycles. The van der Waals surface area contributed by atoms with Gasteiger partial charge in [0.25, 0.3) is 0 Å². The molecule has 1 N–H and O–H groups in total. The van der Waals surface area contributed by atoms with Gasteiger partial charge in [0.05, 0.1) is 13.2 Å². The van der Waals surface area contributed by atoms with E-state index in [1.165, 1.54) is 6.92 Å². The predicted octanol–water partition coefficient (Wildman–Crippen LogP) is 1.37. The van der Waals surface area contributed by atoms with E-state index in [1.807, 2.05) is 30.3 Å². The van der Waals surface area contributed by atoms with Gasteiger partial charge in [-0.05, 0) is 19.4 Å². The van der Waals surface area contributed by atoms with E-state index in [0.29, 0.717) is 6.61 Å². The molecule has 0 aromatic heterocycles. The van der Waals surface area contributed by atoms with Crippen molar-refractivity contribution in [3.05, 3.63) is 35.9 Å². The van der Waals surface area contributed by atoms with Gasteiger partial charge in [0, 0.05) is 6.92 Å². The topological polar surface area (TPSA) is 83.5 Å². The number of aliphatic hydroxyl groups excluding tert-OH is 1. The van der Waals surface area contributed by atoms with Gasteiger partial charge in [0.2, 0.25) is 0 Å². The molecule has 1 aromatic carbocycles. The highest BCUT2D eigenvalue weighted by atomic mass is 16.8. The van der Waals surface area contributed by atoms with Gasteiger partial charge in [-0.25, -0.2) is 0 Å². The molecule has 0 amide bonds. The number of aliphatic hydroxyl groups is 1. The summed E-state index contributed by atoms with van der Waals surface area (Å²) in [5, 5.41) is 9.97. The van der Waals surface area contributed by atoms with Crippen LogP contribution in [0.25, 0.3) is 0 Å². The Labute approximate surface area is 146 Å². The van der Waals surface area contributed by atoms with Crippen LogP contribution in [0.2, 0.25) is 0 Å². The lowest BCUT2D eigenvalue weighted by atomic mass is 9.96. The van der Waals surface area contributed by atoms with Crippen molar-refractivity contribution in [2.45, 2.75) is 57.3 Å². The normalized spacial score (nSPS) is 33.2. The molecule has 138 valence electrons. The molecule has 3 rings (SSSR count). The van der Waals surface area contributed by atoms with Crippen LogP contribution in [-0.2, 0) is 35.1 Å². The van der Waals surface area contributed by atoms with Crippen molar-refractivity contribution < 1.29 is 33.6 Å². The van der Waals surface area contributed by atoms with Crippen molar-refractivity contribution in [1.29, 1.82) is 0 Å². The first-order valence-corrected chi connectivity index (χ1v) is 8.28. The minimum atomic E-state index is -1.23. The fourth-order valence-corrected chi connectivity index (χ4v) is 3.17. The minimum absolute atomic E-state index is 0.140. The van der Waals surface area contributed by atoms with Crippen LogP contribution in [0.5, 0.6) is 0 Å². The van der Waals surface area contributed by atoms with Crippen LogP contribution in [-0.4, -0.2) is 54.2 Å². The van der Waals surface area contributed by atoms with Crippen LogP contribution < -0.4 is 0 Å². The molecule has 2 aliphatic heterocycles. The summed E-state index contributed by atoms with van der Waals surface area (Å²) in [4.78, 5) is 11.2. The van der Waals surface area contributed by atoms with Crippen molar-refractivity contribution in [2.75, 3.05) is 13.2 Å². The largest absolute Gasteiger partial charge is 0.463 e. The molecule has 7 nitrogen and oxygen atoms in total. The van der Waals surface area contributed by atoms with E-state index in [0.717, 1.165) is 5.56 Å². The predicted molar refractivity (Wildman–Crippen MR) is 86.4 cm³/mol. The average Bonchev–Trinajstić information content (AvgIpc) is 3.01. The monoisotopic (exact) mass is 352 g/mol. The molecular weight excluding hydrogens is 328 g/mol. The summed E-state index contributed by atoms with van der Waals surface area (Å²) < 4.78 is 28.7. The Kier molecular flexibility index (Phi) is 5.13. The highest BCUT2D eigenvalue weighted by Crippen LogP contribution is 2.44. The summed E-state index contributed by atoms with van der Waals surface area (Å²) in [5.41, 5.74) is -0.254. The number of fused-ring (bicyclic) bond motifs is 1. The van der Waals surface area contributed by atoms with Gasteiger partial charge >= 0.3 is 5.97 Å².